The first-order valence-electron chi connectivity index (χ1n) is 5.88. The number of nitrogens with two attached hydrogens (primary N) is 1. The Balaban J connectivity index is 2.13. The Morgan fingerprint density at radius 3 is 2.83 bits per heavy atom. The predicted octanol–water partition coefficient (Wildman–Crippen LogP) is 3.03. The summed E-state index contributed by atoms with van der Waals surface area (Å²) < 4.78 is 5.68. The second-order valence-corrected chi connectivity index (χ2v) is 4.12. The number of aryl methyl sites for hydroxylation is 1. The summed E-state index contributed by atoms with van der Waals surface area (Å²) in [5, 5.41) is 0. The van der Waals surface area contributed by atoms with Crippen molar-refractivity contribution >= 4 is 16.9 Å². The van der Waals surface area contributed by atoms with Gasteiger partial charge in [-0.25, -0.2) is 4.98 Å². The Bertz CT molecular complexity index is 703. The fourth-order valence-electron chi connectivity index (χ4n) is 1.85. The number of oxazole rings is 1. The third-order valence-electron chi connectivity index (χ3n) is 2.81. The largest absolute Gasteiger partial charge is 0.434 e. The number of pyridine rings is 1. The summed E-state index contributed by atoms with van der Waals surface area (Å²) in [5.74, 6) is 0.554. The smallest absolute Gasteiger partial charge is 0.228 e. The quantitative estimate of drug-likeness (QED) is 0.698. The Morgan fingerprint density at radius 2 is 2.06 bits per heavy atom. The summed E-state index contributed by atoms with van der Waals surface area (Å²) >= 11 is 0. The minimum Gasteiger partial charge on any atom is -0.434 e. The van der Waals surface area contributed by atoms with E-state index in [9.17, 15) is 0 Å². The minimum absolute atomic E-state index is 0.554. The summed E-state index contributed by atoms with van der Waals surface area (Å²) in [6.45, 7) is 2.06. The molecule has 1 aromatic carbocycles. The van der Waals surface area contributed by atoms with E-state index in [0.717, 1.165) is 17.7 Å². The summed E-state index contributed by atoms with van der Waals surface area (Å²) in [6.07, 6.45) is 0.885. The molecule has 0 saturated carbocycles. The lowest BCUT2D eigenvalue weighted by Crippen LogP contribution is -1.86. The van der Waals surface area contributed by atoms with E-state index in [2.05, 4.69) is 16.9 Å². The molecule has 0 aliphatic heterocycles. The van der Waals surface area contributed by atoms with Crippen molar-refractivity contribution in [2.75, 3.05) is 5.73 Å². The fourth-order valence-corrected chi connectivity index (χ4v) is 1.85. The summed E-state index contributed by atoms with van der Waals surface area (Å²) in [4.78, 5) is 8.83. The van der Waals surface area contributed by atoms with E-state index in [-0.39, 0.29) is 0 Å². The molecule has 2 aromatic heterocycles. The van der Waals surface area contributed by atoms with Crippen LogP contribution >= 0.6 is 0 Å². The molecule has 0 bridgehead atoms. The van der Waals surface area contributed by atoms with Crippen LogP contribution in [0, 0.1) is 0 Å². The first kappa shape index (κ1) is 10.8. The molecule has 0 radical (unpaired) electrons. The maximum atomic E-state index is 5.75. The zero-order valence-electron chi connectivity index (χ0n) is 10.1. The Labute approximate surface area is 104 Å². The van der Waals surface area contributed by atoms with Gasteiger partial charge in [0.1, 0.15) is 0 Å². The first-order valence-corrected chi connectivity index (χ1v) is 5.88. The van der Waals surface area contributed by atoms with Gasteiger partial charge >= 0.3 is 0 Å². The highest BCUT2D eigenvalue weighted by Crippen LogP contribution is 2.24. The highest BCUT2D eigenvalue weighted by atomic mass is 16.3. The molecule has 4 nitrogen and oxygen atoms in total. The van der Waals surface area contributed by atoms with Crippen LogP contribution in [0.25, 0.3) is 22.7 Å². The highest BCUT2D eigenvalue weighted by Gasteiger charge is 2.09. The van der Waals surface area contributed by atoms with Gasteiger partial charge in [0, 0.05) is 16.9 Å². The third kappa shape index (κ3) is 1.82. The third-order valence-corrected chi connectivity index (χ3v) is 2.81. The van der Waals surface area contributed by atoms with Crippen molar-refractivity contribution in [3.8, 4) is 11.5 Å². The number of hydrogen-bond donors (Lipinski definition) is 1. The molecule has 0 aliphatic carbocycles. The molecule has 18 heavy (non-hydrogen) atoms. The molecule has 0 unspecified atom stereocenters. The van der Waals surface area contributed by atoms with Gasteiger partial charge in [-0.15, -0.1) is 0 Å². The topological polar surface area (TPSA) is 64.9 Å². The lowest BCUT2D eigenvalue weighted by Gasteiger charge is -1.95. The molecule has 2 N–H and O–H groups in total. The number of nitrogens with zero attached hydrogens (tertiary/aromatic N) is 2. The van der Waals surface area contributed by atoms with Crippen LogP contribution in [0.15, 0.2) is 40.8 Å². The van der Waals surface area contributed by atoms with E-state index in [0.29, 0.717) is 22.8 Å². The molecule has 3 rings (SSSR count). The molecule has 0 aliphatic rings. The van der Waals surface area contributed by atoms with Gasteiger partial charge in [0.25, 0.3) is 0 Å². The van der Waals surface area contributed by atoms with E-state index >= 15 is 0 Å². The standard InChI is InChI=1S/C14H13N3O/c1-2-11-6-7-12-13(16-11)17-14(18-12)9-4-3-5-10(15)8-9/h3-8H,2,15H2,1H3. The van der Waals surface area contributed by atoms with Gasteiger partial charge in [-0.2, -0.15) is 4.98 Å². The van der Waals surface area contributed by atoms with E-state index in [1.165, 1.54) is 0 Å². The normalized spacial score (nSPS) is 10.9. The van der Waals surface area contributed by atoms with Crippen LogP contribution in [0.2, 0.25) is 0 Å². The molecule has 2 heterocycles. The molecule has 0 saturated heterocycles. The van der Waals surface area contributed by atoms with Crippen LogP contribution in [0.3, 0.4) is 0 Å². The summed E-state index contributed by atoms with van der Waals surface area (Å²) in [7, 11) is 0. The van der Waals surface area contributed by atoms with E-state index in [1.807, 2.05) is 36.4 Å². The zero-order valence-corrected chi connectivity index (χ0v) is 10.1. The van der Waals surface area contributed by atoms with Crippen LogP contribution in [-0.4, -0.2) is 9.97 Å². The molecule has 0 atom stereocenters. The maximum absolute atomic E-state index is 5.75. The zero-order chi connectivity index (χ0) is 12.5. The molecule has 4 heteroatoms. The van der Waals surface area contributed by atoms with Crippen molar-refractivity contribution in [3.63, 3.8) is 0 Å². The predicted molar refractivity (Wildman–Crippen MR) is 71.0 cm³/mol. The van der Waals surface area contributed by atoms with Gasteiger partial charge in [0.2, 0.25) is 5.89 Å². The number of rotatable bonds is 2. The monoisotopic (exact) mass is 239 g/mol. The van der Waals surface area contributed by atoms with Gasteiger partial charge in [0.05, 0.1) is 0 Å². The lowest BCUT2D eigenvalue weighted by molar-refractivity contribution is 0.619. The summed E-state index contributed by atoms with van der Waals surface area (Å²) in [6, 6.07) is 11.3. The highest BCUT2D eigenvalue weighted by molar-refractivity contribution is 5.73. The average Bonchev–Trinajstić information content (AvgIpc) is 2.81. The van der Waals surface area contributed by atoms with E-state index < -0.39 is 0 Å². The van der Waals surface area contributed by atoms with E-state index in [1.54, 1.807) is 0 Å². The molecule has 0 fully saturated rings. The number of anilines is 1. The second kappa shape index (κ2) is 4.14. The lowest BCUT2D eigenvalue weighted by atomic mass is 10.2. The number of fused-ring (bicyclic) bond motifs is 1. The first-order chi connectivity index (χ1) is 8.76. The minimum atomic E-state index is 0.554. The molecule has 0 spiro atoms. The van der Waals surface area contributed by atoms with Crippen molar-refractivity contribution in [1.29, 1.82) is 0 Å². The molecular formula is C14H13N3O. The van der Waals surface area contributed by atoms with Crippen molar-refractivity contribution in [3.05, 3.63) is 42.1 Å². The van der Waals surface area contributed by atoms with Gasteiger partial charge in [-0.3, -0.25) is 0 Å². The van der Waals surface area contributed by atoms with Crippen molar-refractivity contribution in [2.45, 2.75) is 13.3 Å². The van der Waals surface area contributed by atoms with Gasteiger partial charge in [0.15, 0.2) is 11.2 Å². The van der Waals surface area contributed by atoms with Crippen molar-refractivity contribution in [1.82, 2.24) is 9.97 Å². The fraction of sp³-hybridized carbons (Fsp3) is 0.143. The SMILES string of the molecule is CCc1ccc2oc(-c3cccc(N)c3)nc2n1. The van der Waals surface area contributed by atoms with Crippen LogP contribution in [0.1, 0.15) is 12.6 Å². The van der Waals surface area contributed by atoms with Crippen LogP contribution in [-0.2, 0) is 6.42 Å². The van der Waals surface area contributed by atoms with Gasteiger partial charge in [-0.05, 0) is 36.8 Å². The Kier molecular flexibility index (Phi) is 2.48. The maximum Gasteiger partial charge on any atom is 0.228 e. The average molecular weight is 239 g/mol. The molecular weight excluding hydrogens is 226 g/mol. The van der Waals surface area contributed by atoms with Crippen LogP contribution in [0.4, 0.5) is 5.69 Å². The summed E-state index contributed by atoms with van der Waals surface area (Å²) in [5.41, 5.74) is 9.66. The Hall–Kier alpha value is -2.36. The van der Waals surface area contributed by atoms with Crippen LogP contribution in [0.5, 0.6) is 0 Å². The van der Waals surface area contributed by atoms with Gasteiger partial charge < -0.3 is 10.2 Å². The number of nitrogen functional groups attached to an aromatic ring is 1. The number of aromatic nitrogens is 2. The van der Waals surface area contributed by atoms with Crippen molar-refractivity contribution < 1.29 is 4.42 Å². The van der Waals surface area contributed by atoms with Crippen LogP contribution < -0.4 is 5.73 Å². The Morgan fingerprint density at radius 1 is 1.17 bits per heavy atom. The molecule has 3 aromatic rings. The van der Waals surface area contributed by atoms with Gasteiger partial charge in [-0.1, -0.05) is 13.0 Å². The van der Waals surface area contributed by atoms with E-state index in [4.69, 9.17) is 10.2 Å². The second-order valence-electron chi connectivity index (χ2n) is 4.12. The number of hydrogen-bond acceptors (Lipinski definition) is 4. The number of benzene rings is 1. The molecule has 0 amide bonds. The van der Waals surface area contributed by atoms with Crippen molar-refractivity contribution in [2.24, 2.45) is 0 Å². The molecule has 90 valence electrons.